The Balaban J connectivity index is 1.88. The summed E-state index contributed by atoms with van der Waals surface area (Å²) in [6.07, 6.45) is 3.32. The second-order valence-electron chi connectivity index (χ2n) is 4.87. The van der Waals surface area contributed by atoms with E-state index in [0.717, 1.165) is 18.7 Å². The van der Waals surface area contributed by atoms with Gasteiger partial charge in [0.15, 0.2) is 0 Å². The van der Waals surface area contributed by atoms with Crippen LogP contribution in [0.15, 0.2) is 54.9 Å². The fraction of sp³-hybridized carbons (Fsp3) is 0.250. The first-order valence-corrected chi connectivity index (χ1v) is 6.83. The summed E-state index contributed by atoms with van der Waals surface area (Å²) in [6.45, 7) is 2.33. The summed E-state index contributed by atoms with van der Waals surface area (Å²) in [5.41, 5.74) is 1.81. The molecule has 1 saturated heterocycles. The Hall–Kier alpha value is -2.20. The molecule has 1 fully saturated rings. The van der Waals surface area contributed by atoms with Gasteiger partial charge in [0.05, 0.1) is 11.6 Å². The average Bonchev–Trinajstić information content (AvgIpc) is 2.56. The molecule has 2 aromatic rings. The lowest BCUT2D eigenvalue weighted by molar-refractivity contribution is 0.0634. The predicted octanol–water partition coefficient (Wildman–Crippen LogP) is 1.87. The number of benzene rings is 1. The van der Waals surface area contributed by atoms with Crippen molar-refractivity contribution in [3.05, 3.63) is 66.0 Å². The lowest BCUT2D eigenvalue weighted by Crippen LogP contribution is -2.48. The largest absolute Gasteiger partial charge is 0.329 e. The van der Waals surface area contributed by atoms with Gasteiger partial charge in [0, 0.05) is 32.0 Å². The van der Waals surface area contributed by atoms with Crippen LogP contribution in [0.3, 0.4) is 0 Å². The molecule has 0 unspecified atom stereocenters. The fourth-order valence-electron chi connectivity index (χ4n) is 2.58. The third kappa shape index (κ3) is 2.56. The minimum atomic E-state index is 0.0495. The topological polar surface area (TPSA) is 45.2 Å². The van der Waals surface area contributed by atoms with Gasteiger partial charge >= 0.3 is 0 Å². The van der Waals surface area contributed by atoms with Crippen molar-refractivity contribution >= 4 is 5.91 Å². The molecule has 0 aliphatic carbocycles. The van der Waals surface area contributed by atoms with Crippen LogP contribution in [0, 0.1) is 0 Å². The van der Waals surface area contributed by atoms with E-state index >= 15 is 0 Å². The van der Waals surface area contributed by atoms with Crippen molar-refractivity contribution in [3.63, 3.8) is 0 Å². The smallest absolute Gasteiger partial charge is 0.256 e. The first kappa shape index (κ1) is 12.8. The van der Waals surface area contributed by atoms with Crippen molar-refractivity contribution < 1.29 is 4.79 Å². The van der Waals surface area contributed by atoms with Crippen LogP contribution in [0.4, 0.5) is 0 Å². The molecule has 4 nitrogen and oxygen atoms in total. The molecule has 4 heteroatoms. The zero-order valence-corrected chi connectivity index (χ0v) is 11.2. The summed E-state index contributed by atoms with van der Waals surface area (Å²) in [6, 6.07) is 13.9. The maximum atomic E-state index is 12.6. The molecular formula is C16H17N3O. The maximum absolute atomic E-state index is 12.6. The Labute approximate surface area is 118 Å². The summed E-state index contributed by atoms with van der Waals surface area (Å²) in [5, 5.41) is 3.36. The van der Waals surface area contributed by atoms with Gasteiger partial charge in [-0.1, -0.05) is 30.3 Å². The number of carbonyl (C=O) groups is 1. The Morgan fingerprint density at radius 3 is 2.80 bits per heavy atom. The van der Waals surface area contributed by atoms with Crippen molar-refractivity contribution in [2.24, 2.45) is 0 Å². The van der Waals surface area contributed by atoms with Gasteiger partial charge in [-0.05, 0) is 17.7 Å². The van der Waals surface area contributed by atoms with Crippen LogP contribution < -0.4 is 5.32 Å². The zero-order valence-electron chi connectivity index (χ0n) is 11.2. The standard InChI is InChI=1S/C16H17N3O/c20-16(14-7-4-8-17-11-14)19-10-9-18-12-15(19)13-5-2-1-3-6-13/h1-8,11,15,18H,9-10,12H2/t15-/m1/s1. The molecule has 20 heavy (non-hydrogen) atoms. The molecule has 1 amide bonds. The van der Waals surface area contributed by atoms with Gasteiger partial charge in [-0.25, -0.2) is 0 Å². The van der Waals surface area contributed by atoms with Crippen LogP contribution in [-0.4, -0.2) is 35.4 Å². The second kappa shape index (κ2) is 5.84. The Morgan fingerprint density at radius 1 is 1.20 bits per heavy atom. The summed E-state index contributed by atoms with van der Waals surface area (Å²) in [7, 11) is 0. The van der Waals surface area contributed by atoms with Gasteiger partial charge in [-0.3, -0.25) is 9.78 Å². The van der Waals surface area contributed by atoms with E-state index < -0.39 is 0 Å². The number of hydrogen-bond acceptors (Lipinski definition) is 3. The van der Waals surface area contributed by atoms with Crippen molar-refractivity contribution in [3.8, 4) is 0 Å². The van der Waals surface area contributed by atoms with E-state index in [-0.39, 0.29) is 11.9 Å². The number of piperazine rings is 1. The minimum Gasteiger partial charge on any atom is -0.329 e. The molecule has 0 bridgehead atoms. The van der Waals surface area contributed by atoms with E-state index in [1.165, 1.54) is 0 Å². The molecule has 0 saturated carbocycles. The van der Waals surface area contributed by atoms with Gasteiger partial charge in [0.25, 0.3) is 5.91 Å². The normalized spacial score (nSPS) is 18.8. The van der Waals surface area contributed by atoms with Gasteiger partial charge in [0.2, 0.25) is 0 Å². The number of amides is 1. The predicted molar refractivity (Wildman–Crippen MR) is 77.3 cm³/mol. The molecule has 1 aromatic carbocycles. The van der Waals surface area contributed by atoms with Crippen molar-refractivity contribution in [2.45, 2.75) is 6.04 Å². The lowest BCUT2D eigenvalue weighted by atomic mass is 10.0. The van der Waals surface area contributed by atoms with E-state index in [1.807, 2.05) is 29.2 Å². The highest BCUT2D eigenvalue weighted by molar-refractivity contribution is 5.94. The molecule has 0 spiro atoms. The average molecular weight is 267 g/mol. The van der Waals surface area contributed by atoms with Crippen LogP contribution >= 0.6 is 0 Å². The van der Waals surface area contributed by atoms with Crippen molar-refractivity contribution in [1.82, 2.24) is 15.2 Å². The van der Waals surface area contributed by atoms with Crippen LogP contribution in [0.1, 0.15) is 22.0 Å². The van der Waals surface area contributed by atoms with Crippen molar-refractivity contribution in [2.75, 3.05) is 19.6 Å². The molecule has 1 atom stereocenters. The highest BCUT2D eigenvalue weighted by Gasteiger charge is 2.28. The monoisotopic (exact) mass is 267 g/mol. The minimum absolute atomic E-state index is 0.0495. The fourth-order valence-corrected chi connectivity index (χ4v) is 2.58. The van der Waals surface area contributed by atoms with E-state index in [1.54, 1.807) is 18.5 Å². The van der Waals surface area contributed by atoms with Gasteiger partial charge in [-0.15, -0.1) is 0 Å². The molecule has 1 aromatic heterocycles. The molecule has 3 rings (SSSR count). The number of nitrogens with one attached hydrogen (secondary N) is 1. The van der Waals surface area contributed by atoms with E-state index in [9.17, 15) is 4.79 Å². The first-order chi connectivity index (χ1) is 9.86. The Bertz CT molecular complexity index is 571. The van der Waals surface area contributed by atoms with Gasteiger partial charge in [-0.2, -0.15) is 0 Å². The first-order valence-electron chi connectivity index (χ1n) is 6.83. The quantitative estimate of drug-likeness (QED) is 0.903. The lowest BCUT2D eigenvalue weighted by Gasteiger charge is -2.36. The van der Waals surface area contributed by atoms with Gasteiger partial charge < -0.3 is 10.2 Å². The molecular weight excluding hydrogens is 250 g/mol. The highest BCUT2D eigenvalue weighted by atomic mass is 16.2. The zero-order chi connectivity index (χ0) is 13.8. The SMILES string of the molecule is O=C(c1cccnc1)N1CCNC[C@@H]1c1ccccc1. The maximum Gasteiger partial charge on any atom is 0.256 e. The van der Waals surface area contributed by atoms with E-state index in [4.69, 9.17) is 0 Å². The van der Waals surface area contributed by atoms with E-state index in [0.29, 0.717) is 12.1 Å². The number of hydrogen-bond donors (Lipinski definition) is 1. The number of aromatic nitrogens is 1. The number of pyridine rings is 1. The summed E-state index contributed by atoms with van der Waals surface area (Å²) in [4.78, 5) is 18.6. The van der Waals surface area contributed by atoms with E-state index in [2.05, 4.69) is 22.4 Å². The number of carbonyl (C=O) groups excluding carboxylic acids is 1. The Morgan fingerprint density at radius 2 is 2.05 bits per heavy atom. The number of rotatable bonds is 2. The molecule has 1 aliphatic heterocycles. The number of nitrogens with zero attached hydrogens (tertiary/aromatic N) is 2. The molecule has 0 radical (unpaired) electrons. The molecule has 102 valence electrons. The van der Waals surface area contributed by atoms with Crippen LogP contribution in [0.25, 0.3) is 0 Å². The molecule has 2 heterocycles. The Kier molecular flexibility index (Phi) is 3.74. The summed E-state index contributed by atoms with van der Waals surface area (Å²) >= 11 is 0. The third-order valence-corrected chi connectivity index (χ3v) is 3.60. The second-order valence-corrected chi connectivity index (χ2v) is 4.87. The molecule has 1 aliphatic rings. The summed E-state index contributed by atoms with van der Waals surface area (Å²) in [5.74, 6) is 0.0495. The third-order valence-electron chi connectivity index (χ3n) is 3.60. The van der Waals surface area contributed by atoms with Crippen LogP contribution in [-0.2, 0) is 0 Å². The van der Waals surface area contributed by atoms with Crippen molar-refractivity contribution in [1.29, 1.82) is 0 Å². The highest BCUT2D eigenvalue weighted by Crippen LogP contribution is 2.23. The van der Waals surface area contributed by atoms with Crippen LogP contribution in [0.2, 0.25) is 0 Å². The molecule has 1 N–H and O–H groups in total. The van der Waals surface area contributed by atoms with Crippen LogP contribution in [0.5, 0.6) is 0 Å². The van der Waals surface area contributed by atoms with Gasteiger partial charge in [0.1, 0.15) is 0 Å². The summed E-state index contributed by atoms with van der Waals surface area (Å²) < 4.78 is 0.